The minimum Gasteiger partial charge on any atom is -0.497 e. The Morgan fingerprint density at radius 3 is 2.45 bits per heavy atom. The van der Waals surface area contributed by atoms with E-state index in [1.54, 1.807) is 19.1 Å². The van der Waals surface area contributed by atoms with E-state index in [2.05, 4.69) is 37.2 Å². The Kier molecular flexibility index (Phi) is 5.52. The zero-order chi connectivity index (χ0) is 20.5. The van der Waals surface area contributed by atoms with Crippen molar-refractivity contribution in [3.05, 3.63) is 80.7 Å². The highest BCUT2D eigenvalue weighted by Gasteiger charge is 2.35. The molecule has 7 heteroatoms. The third-order valence-corrected chi connectivity index (χ3v) is 6.03. The predicted octanol–water partition coefficient (Wildman–Crippen LogP) is 6.00. The van der Waals surface area contributed by atoms with E-state index in [-0.39, 0.29) is 5.91 Å². The van der Waals surface area contributed by atoms with Gasteiger partial charge in [-0.2, -0.15) is 0 Å². The Labute approximate surface area is 185 Å². The van der Waals surface area contributed by atoms with E-state index in [0.717, 1.165) is 25.9 Å². The van der Waals surface area contributed by atoms with Crippen LogP contribution in [0.25, 0.3) is 0 Å². The maximum absolute atomic E-state index is 13.6. The van der Waals surface area contributed by atoms with Crippen molar-refractivity contribution in [1.29, 1.82) is 0 Å². The molecular formula is C22H18Br2N2O3. The molecule has 0 unspecified atom stereocenters. The molecule has 4 rings (SSSR count). The first-order valence-electron chi connectivity index (χ1n) is 8.89. The first-order chi connectivity index (χ1) is 14.0. The highest BCUT2D eigenvalue weighted by Crippen LogP contribution is 2.41. The summed E-state index contributed by atoms with van der Waals surface area (Å²) < 4.78 is 12.5. The Hall–Kier alpha value is -2.51. The summed E-state index contributed by atoms with van der Waals surface area (Å²) in [6.07, 6.45) is -0.437. The summed E-state index contributed by atoms with van der Waals surface area (Å²) in [5, 5.41) is 3.51. The van der Waals surface area contributed by atoms with Gasteiger partial charge in [-0.3, -0.25) is 9.69 Å². The van der Waals surface area contributed by atoms with Gasteiger partial charge in [-0.15, -0.1) is 0 Å². The lowest BCUT2D eigenvalue weighted by molar-refractivity contribution is 0.0974. The van der Waals surface area contributed by atoms with Gasteiger partial charge < -0.3 is 14.8 Å². The number of benzene rings is 3. The van der Waals surface area contributed by atoms with Crippen molar-refractivity contribution < 1.29 is 14.3 Å². The number of carbonyl (C=O) groups excluding carboxylic acids is 1. The van der Waals surface area contributed by atoms with Crippen LogP contribution < -0.4 is 19.7 Å². The minimum absolute atomic E-state index is 0.104. The average molecular weight is 518 g/mol. The monoisotopic (exact) mass is 516 g/mol. The summed E-state index contributed by atoms with van der Waals surface area (Å²) in [6.45, 7) is 0. The van der Waals surface area contributed by atoms with E-state index in [0.29, 0.717) is 17.1 Å². The quantitative estimate of drug-likeness (QED) is 0.461. The van der Waals surface area contributed by atoms with Gasteiger partial charge in [-0.25, -0.2) is 0 Å². The van der Waals surface area contributed by atoms with Crippen molar-refractivity contribution in [3.63, 3.8) is 0 Å². The van der Waals surface area contributed by atoms with E-state index < -0.39 is 6.17 Å². The fourth-order valence-electron chi connectivity index (χ4n) is 3.38. The number of hydrogen-bond acceptors (Lipinski definition) is 4. The Balaban J connectivity index is 1.91. The molecule has 0 spiro atoms. The number of amides is 1. The lowest BCUT2D eigenvalue weighted by atomic mass is 10.0. The molecule has 29 heavy (non-hydrogen) atoms. The number of rotatable bonds is 4. The molecule has 148 valence electrons. The zero-order valence-electron chi connectivity index (χ0n) is 15.8. The lowest BCUT2D eigenvalue weighted by Crippen LogP contribution is -2.43. The van der Waals surface area contributed by atoms with Gasteiger partial charge in [-0.1, -0.05) is 37.9 Å². The van der Waals surface area contributed by atoms with Gasteiger partial charge in [-0.05, 0) is 48.5 Å². The lowest BCUT2D eigenvalue weighted by Gasteiger charge is -2.38. The minimum atomic E-state index is -0.437. The molecule has 1 N–H and O–H groups in total. The molecule has 0 bridgehead atoms. The predicted molar refractivity (Wildman–Crippen MR) is 121 cm³/mol. The van der Waals surface area contributed by atoms with Crippen molar-refractivity contribution in [2.24, 2.45) is 0 Å². The fraction of sp³-hybridized carbons (Fsp3) is 0.136. The van der Waals surface area contributed by atoms with Gasteiger partial charge in [0, 0.05) is 26.3 Å². The van der Waals surface area contributed by atoms with E-state index in [1.807, 2.05) is 60.7 Å². The highest BCUT2D eigenvalue weighted by molar-refractivity contribution is 9.10. The van der Waals surface area contributed by atoms with Crippen molar-refractivity contribution in [2.45, 2.75) is 6.17 Å². The van der Waals surface area contributed by atoms with Crippen LogP contribution in [0.5, 0.6) is 11.5 Å². The Morgan fingerprint density at radius 2 is 1.69 bits per heavy atom. The number of nitrogens with one attached hydrogen (secondary N) is 1. The summed E-state index contributed by atoms with van der Waals surface area (Å²) in [6, 6.07) is 18.8. The molecule has 5 nitrogen and oxygen atoms in total. The topological polar surface area (TPSA) is 50.8 Å². The number of nitrogens with zero attached hydrogens (tertiary/aromatic N) is 1. The van der Waals surface area contributed by atoms with Gasteiger partial charge in [0.2, 0.25) is 0 Å². The molecule has 1 heterocycles. The maximum atomic E-state index is 13.6. The van der Waals surface area contributed by atoms with Crippen molar-refractivity contribution in [3.8, 4) is 11.5 Å². The van der Waals surface area contributed by atoms with Crippen LogP contribution in [0.4, 0.5) is 11.4 Å². The SMILES string of the molecule is COc1cccc(N2C(=O)c3cc(Br)ccc3N[C@@H]2c2cc(OC)ccc2Br)c1. The molecule has 1 amide bonds. The van der Waals surface area contributed by atoms with E-state index in [9.17, 15) is 4.79 Å². The Bertz CT molecular complexity index is 1090. The van der Waals surface area contributed by atoms with Crippen LogP contribution in [0.3, 0.4) is 0 Å². The first kappa shape index (κ1) is 19.8. The van der Waals surface area contributed by atoms with Crippen LogP contribution in [0.15, 0.2) is 69.6 Å². The normalized spacial score (nSPS) is 15.5. The number of anilines is 2. The van der Waals surface area contributed by atoms with E-state index in [1.165, 1.54) is 0 Å². The first-order valence-corrected chi connectivity index (χ1v) is 10.5. The van der Waals surface area contributed by atoms with Gasteiger partial charge in [0.25, 0.3) is 5.91 Å². The molecule has 3 aromatic carbocycles. The highest BCUT2D eigenvalue weighted by atomic mass is 79.9. The molecule has 1 aliphatic rings. The summed E-state index contributed by atoms with van der Waals surface area (Å²) in [5.41, 5.74) is 2.98. The molecule has 0 saturated carbocycles. The molecule has 0 aromatic heterocycles. The van der Waals surface area contributed by atoms with Crippen LogP contribution in [0.1, 0.15) is 22.1 Å². The molecule has 3 aromatic rings. The number of methoxy groups -OCH3 is 2. The van der Waals surface area contributed by atoms with Crippen molar-refractivity contribution in [2.75, 3.05) is 24.4 Å². The summed E-state index contributed by atoms with van der Waals surface area (Å²) >= 11 is 7.09. The zero-order valence-corrected chi connectivity index (χ0v) is 19.0. The second-order valence-electron chi connectivity index (χ2n) is 6.50. The summed E-state index contributed by atoms with van der Waals surface area (Å²) in [4.78, 5) is 15.3. The van der Waals surface area contributed by atoms with Gasteiger partial charge in [0.15, 0.2) is 0 Å². The fourth-order valence-corrected chi connectivity index (χ4v) is 4.20. The number of carbonyl (C=O) groups is 1. The van der Waals surface area contributed by atoms with E-state index in [4.69, 9.17) is 9.47 Å². The molecule has 1 atom stereocenters. The second-order valence-corrected chi connectivity index (χ2v) is 8.27. The molecule has 1 aliphatic heterocycles. The third kappa shape index (κ3) is 3.72. The van der Waals surface area contributed by atoms with Gasteiger partial charge in [0.1, 0.15) is 17.7 Å². The average Bonchev–Trinajstić information content (AvgIpc) is 2.74. The maximum Gasteiger partial charge on any atom is 0.262 e. The Morgan fingerprint density at radius 1 is 0.931 bits per heavy atom. The molecule has 0 fully saturated rings. The largest absolute Gasteiger partial charge is 0.497 e. The van der Waals surface area contributed by atoms with Crippen molar-refractivity contribution >= 4 is 49.1 Å². The van der Waals surface area contributed by atoms with Crippen LogP contribution in [-0.4, -0.2) is 20.1 Å². The van der Waals surface area contributed by atoms with Crippen LogP contribution in [-0.2, 0) is 0 Å². The molecule has 0 radical (unpaired) electrons. The standard InChI is InChI=1S/C22H18Br2N2O3/c1-28-15-5-3-4-14(11-15)26-21(17-12-16(29-2)7-8-19(17)24)25-20-9-6-13(23)10-18(20)22(26)27/h3-12,21,25H,1-2H3/t21-/m0/s1. The second kappa shape index (κ2) is 8.08. The van der Waals surface area contributed by atoms with Gasteiger partial charge >= 0.3 is 0 Å². The number of hydrogen-bond donors (Lipinski definition) is 1. The molecule has 0 saturated heterocycles. The molecular weight excluding hydrogens is 500 g/mol. The van der Waals surface area contributed by atoms with Gasteiger partial charge in [0.05, 0.1) is 25.5 Å². The van der Waals surface area contributed by atoms with Crippen LogP contribution in [0, 0.1) is 0 Å². The molecule has 0 aliphatic carbocycles. The summed E-state index contributed by atoms with van der Waals surface area (Å²) in [7, 11) is 3.23. The van der Waals surface area contributed by atoms with E-state index >= 15 is 0 Å². The van der Waals surface area contributed by atoms with Crippen LogP contribution >= 0.6 is 31.9 Å². The smallest absolute Gasteiger partial charge is 0.262 e. The third-order valence-electron chi connectivity index (χ3n) is 4.81. The summed E-state index contributed by atoms with van der Waals surface area (Å²) in [5.74, 6) is 1.29. The van der Waals surface area contributed by atoms with Crippen LogP contribution in [0.2, 0.25) is 0 Å². The number of ether oxygens (including phenoxy) is 2. The number of fused-ring (bicyclic) bond motifs is 1. The number of halogens is 2. The van der Waals surface area contributed by atoms with Crippen molar-refractivity contribution in [1.82, 2.24) is 0 Å².